The minimum atomic E-state index is -3.71. The van der Waals surface area contributed by atoms with Crippen molar-refractivity contribution in [1.29, 1.82) is 0 Å². The van der Waals surface area contributed by atoms with E-state index in [1.165, 1.54) is 29.7 Å². The van der Waals surface area contributed by atoms with E-state index in [2.05, 4.69) is 5.32 Å². The van der Waals surface area contributed by atoms with Gasteiger partial charge in [-0.15, -0.1) is 0 Å². The highest BCUT2D eigenvalue weighted by atomic mass is 32.2. The predicted octanol–water partition coefficient (Wildman–Crippen LogP) is 2.06. The largest absolute Gasteiger partial charge is 0.495 e. The van der Waals surface area contributed by atoms with Crippen LogP contribution in [0.2, 0.25) is 0 Å². The van der Waals surface area contributed by atoms with Gasteiger partial charge >= 0.3 is 0 Å². The zero-order valence-electron chi connectivity index (χ0n) is 16.3. The molecule has 1 aromatic carbocycles. The van der Waals surface area contributed by atoms with Crippen LogP contribution in [0.15, 0.2) is 52.3 Å². The van der Waals surface area contributed by atoms with E-state index in [0.717, 1.165) is 30.3 Å². The maximum Gasteiger partial charge on any atom is 0.251 e. The number of amides is 1. The van der Waals surface area contributed by atoms with Crippen molar-refractivity contribution in [1.82, 2.24) is 8.87 Å². The molecule has 29 heavy (non-hydrogen) atoms. The molecule has 1 amide bonds. The number of para-hydroxylation sites is 2. The van der Waals surface area contributed by atoms with E-state index in [1.807, 2.05) is 0 Å². The summed E-state index contributed by atoms with van der Waals surface area (Å²) >= 11 is 0. The number of hydrogen-bond donors (Lipinski definition) is 1. The molecule has 0 bridgehead atoms. The Kier molecular flexibility index (Phi) is 6.71. The minimum Gasteiger partial charge on any atom is -0.495 e. The molecule has 156 valence electrons. The first-order chi connectivity index (χ1) is 13.9. The maximum atomic E-state index is 13.0. The summed E-state index contributed by atoms with van der Waals surface area (Å²) in [6.07, 6.45) is 4.90. The molecule has 0 atom stereocenters. The topological polar surface area (TPSA) is 97.7 Å². The standard InChI is InChI=1S/C20H25N3O5S/c1-28-18-9-5-4-8-17(18)21-19(24)15-22-14-16(10-11-20(22)25)29(26,27)23-12-6-2-3-7-13-23/h4-5,8-11,14H,2-3,6-7,12-13,15H2,1H3,(H,21,24). The summed E-state index contributed by atoms with van der Waals surface area (Å²) in [5.41, 5.74) is 0.0244. The molecule has 0 aliphatic carbocycles. The SMILES string of the molecule is COc1ccccc1NC(=O)Cn1cc(S(=O)(=O)N2CCCCCC2)ccc1=O. The van der Waals surface area contributed by atoms with E-state index in [-0.39, 0.29) is 11.4 Å². The van der Waals surface area contributed by atoms with Gasteiger partial charge in [0.15, 0.2) is 0 Å². The molecule has 1 N–H and O–H groups in total. The monoisotopic (exact) mass is 419 g/mol. The summed E-state index contributed by atoms with van der Waals surface area (Å²) < 4.78 is 33.7. The van der Waals surface area contributed by atoms with Crippen molar-refractivity contribution >= 4 is 21.6 Å². The quantitative estimate of drug-likeness (QED) is 0.773. The molecule has 3 rings (SSSR count). The molecule has 1 aromatic heterocycles. The first-order valence-electron chi connectivity index (χ1n) is 9.55. The number of nitrogens with one attached hydrogen (secondary N) is 1. The summed E-state index contributed by atoms with van der Waals surface area (Å²) in [5.74, 6) is 0.0339. The Morgan fingerprint density at radius 1 is 1.07 bits per heavy atom. The molecule has 2 heterocycles. The van der Waals surface area contributed by atoms with Gasteiger partial charge in [0.25, 0.3) is 5.56 Å². The molecule has 1 aliphatic rings. The number of ether oxygens (including phenoxy) is 1. The highest BCUT2D eigenvalue weighted by Gasteiger charge is 2.26. The van der Waals surface area contributed by atoms with Gasteiger partial charge in [0.2, 0.25) is 15.9 Å². The molecule has 0 radical (unpaired) electrons. The number of pyridine rings is 1. The molecular weight excluding hydrogens is 394 g/mol. The van der Waals surface area contributed by atoms with E-state index in [1.54, 1.807) is 24.3 Å². The molecule has 0 spiro atoms. The van der Waals surface area contributed by atoms with Crippen LogP contribution in [0.3, 0.4) is 0 Å². The zero-order chi connectivity index (χ0) is 20.9. The van der Waals surface area contributed by atoms with Crippen LogP contribution >= 0.6 is 0 Å². The average Bonchev–Trinajstić information content (AvgIpc) is 3.00. The van der Waals surface area contributed by atoms with Crippen LogP contribution in [0, 0.1) is 0 Å². The smallest absolute Gasteiger partial charge is 0.251 e. The number of hydrogen-bond acceptors (Lipinski definition) is 5. The van der Waals surface area contributed by atoms with Crippen molar-refractivity contribution in [2.24, 2.45) is 0 Å². The Morgan fingerprint density at radius 3 is 2.45 bits per heavy atom. The Hall–Kier alpha value is -2.65. The van der Waals surface area contributed by atoms with Crippen LogP contribution in [0.25, 0.3) is 0 Å². The maximum absolute atomic E-state index is 13.0. The van der Waals surface area contributed by atoms with Gasteiger partial charge in [-0.05, 0) is 31.0 Å². The lowest BCUT2D eigenvalue weighted by Crippen LogP contribution is -2.33. The number of carbonyl (C=O) groups is 1. The van der Waals surface area contributed by atoms with Crippen LogP contribution < -0.4 is 15.6 Å². The van der Waals surface area contributed by atoms with E-state index < -0.39 is 21.5 Å². The number of benzene rings is 1. The summed E-state index contributed by atoms with van der Waals surface area (Å²) in [4.78, 5) is 24.6. The number of rotatable bonds is 6. The lowest BCUT2D eigenvalue weighted by molar-refractivity contribution is -0.116. The molecular formula is C20H25N3O5S. The molecule has 1 saturated heterocycles. The predicted molar refractivity (Wildman–Crippen MR) is 110 cm³/mol. The van der Waals surface area contributed by atoms with Crippen LogP contribution in [0.5, 0.6) is 5.75 Å². The van der Waals surface area contributed by atoms with Gasteiger partial charge in [0.05, 0.1) is 17.7 Å². The summed E-state index contributed by atoms with van der Waals surface area (Å²) in [7, 11) is -2.22. The van der Waals surface area contributed by atoms with Crippen LogP contribution in [0.4, 0.5) is 5.69 Å². The van der Waals surface area contributed by atoms with E-state index >= 15 is 0 Å². The lowest BCUT2D eigenvalue weighted by atomic mass is 10.2. The third kappa shape index (κ3) is 5.04. The van der Waals surface area contributed by atoms with Gasteiger partial charge in [-0.3, -0.25) is 9.59 Å². The molecule has 0 saturated carbocycles. The molecule has 0 unspecified atom stereocenters. The summed E-state index contributed by atoms with van der Waals surface area (Å²) in [5, 5.41) is 2.68. The fourth-order valence-corrected chi connectivity index (χ4v) is 4.85. The number of anilines is 1. The normalized spacial score (nSPS) is 15.5. The van der Waals surface area contributed by atoms with Crippen LogP contribution in [0.1, 0.15) is 25.7 Å². The highest BCUT2D eigenvalue weighted by molar-refractivity contribution is 7.89. The third-order valence-electron chi connectivity index (χ3n) is 4.85. The van der Waals surface area contributed by atoms with Crippen molar-refractivity contribution in [2.45, 2.75) is 37.1 Å². The van der Waals surface area contributed by atoms with Crippen molar-refractivity contribution in [2.75, 3.05) is 25.5 Å². The Balaban J connectivity index is 1.80. The van der Waals surface area contributed by atoms with Crippen LogP contribution in [-0.2, 0) is 21.4 Å². The second kappa shape index (κ2) is 9.23. The van der Waals surface area contributed by atoms with Crippen molar-refractivity contribution in [3.63, 3.8) is 0 Å². The van der Waals surface area contributed by atoms with Crippen molar-refractivity contribution in [3.05, 3.63) is 52.9 Å². The molecule has 2 aromatic rings. The van der Waals surface area contributed by atoms with Crippen LogP contribution in [-0.4, -0.2) is 43.4 Å². The summed E-state index contributed by atoms with van der Waals surface area (Å²) in [6.45, 7) is 0.631. The fraction of sp³-hybridized carbons (Fsp3) is 0.400. The van der Waals surface area contributed by atoms with Gasteiger partial charge in [-0.25, -0.2) is 8.42 Å². The number of nitrogens with zero attached hydrogens (tertiary/aromatic N) is 2. The van der Waals surface area contributed by atoms with Gasteiger partial charge in [-0.1, -0.05) is 25.0 Å². The highest BCUT2D eigenvalue weighted by Crippen LogP contribution is 2.23. The van der Waals surface area contributed by atoms with Gasteiger partial charge in [0, 0.05) is 25.4 Å². The average molecular weight is 420 g/mol. The Bertz CT molecular complexity index is 1020. The van der Waals surface area contributed by atoms with Gasteiger partial charge in [0.1, 0.15) is 12.3 Å². The number of aromatic nitrogens is 1. The van der Waals surface area contributed by atoms with Gasteiger partial charge in [-0.2, -0.15) is 4.31 Å². The van der Waals surface area contributed by atoms with Gasteiger partial charge < -0.3 is 14.6 Å². The fourth-order valence-electron chi connectivity index (χ4n) is 3.31. The lowest BCUT2D eigenvalue weighted by Gasteiger charge is -2.20. The first kappa shape index (κ1) is 21.1. The Labute approximate surface area is 170 Å². The molecule has 1 fully saturated rings. The second-order valence-corrected chi connectivity index (χ2v) is 8.84. The molecule has 1 aliphatic heterocycles. The third-order valence-corrected chi connectivity index (χ3v) is 6.74. The first-order valence-corrected chi connectivity index (χ1v) is 11.0. The minimum absolute atomic E-state index is 0.0177. The van der Waals surface area contributed by atoms with Crippen molar-refractivity contribution in [3.8, 4) is 5.75 Å². The van der Waals surface area contributed by atoms with Crippen molar-refractivity contribution < 1.29 is 17.9 Å². The number of methoxy groups -OCH3 is 1. The Morgan fingerprint density at radius 2 is 1.76 bits per heavy atom. The summed E-state index contributed by atoms with van der Waals surface area (Å²) in [6, 6.07) is 9.39. The van der Waals surface area contributed by atoms with E-state index in [4.69, 9.17) is 4.74 Å². The second-order valence-electron chi connectivity index (χ2n) is 6.90. The van der Waals surface area contributed by atoms with E-state index in [0.29, 0.717) is 24.5 Å². The number of sulfonamides is 1. The van der Waals surface area contributed by atoms with E-state index in [9.17, 15) is 18.0 Å². The molecule has 9 heteroatoms. The molecule has 8 nitrogen and oxygen atoms in total. The zero-order valence-corrected chi connectivity index (χ0v) is 17.2. The number of carbonyl (C=O) groups excluding carboxylic acids is 1.